The molecule has 0 heterocycles. The van der Waals surface area contributed by atoms with Gasteiger partial charge < -0.3 is 10.2 Å². The number of hydrogen-bond acceptors (Lipinski definition) is 2. The van der Waals surface area contributed by atoms with Gasteiger partial charge in [-0.3, -0.25) is 4.79 Å². The molecular weight excluding hydrogens is 408 g/mol. The van der Waals surface area contributed by atoms with E-state index in [0.717, 1.165) is 31.1 Å². The Kier molecular flexibility index (Phi) is 5.13. The van der Waals surface area contributed by atoms with Crippen LogP contribution in [-0.2, 0) is 4.79 Å². The van der Waals surface area contributed by atoms with Gasteiger partial charge in [-0.2, -0.15) is 0 Å². The average Bonchev–Trinajstić information content (AvgIpc) is 2.72. The molecule has 0 bridgehead atoms. The van der Waals surface area contributed by atoms with Crippen LogP contribution in [0, 0.1) is 56.2 Å². The fraction of sp³-hybridized carbons (Fsp3) is 0.967. The molecule has 188 valence electrons. The van der Waals surface area contributed by atoms with Crippen molar-refractivity contribution in [2.75, 3.05) is 0 Å². The molecule has 0 aromatic carbocycles. The lowest BCUT2D eigenvalue weighted by molar-refractivity contribution is -0.255. The molecule has 0 aromatic rings. The Labute approximate surface area is 202 Å². The van der Waals surface area contributed by atoms with Crippen molar-refractivity contribution >= 4 is 5.97 Å². The van der Waals surface area contributed by atoms with E-state index in [1.165, 1.54) is 44.9 Å². The summed E-state index contributed by atoms with van der Waals surface area (Å²) in [6.07, 6.45) is 12.4. The van der Waals surface area contributed by atoms with Gasteiger partial charge in [0.2, 0.25) is 0 Å². The van der Waals surface area contributed by atoms with E-state index < -0.39 is 17.5 Å². The van der Waals surface area contributed by atoms with Crippen LogP contribution in [0.1, 0.15) is 119 Å². The first-order chi connectivity index (χ1) is 15.1. The van der Waals surface area contributed by atoms with Gasteiger partial charge in [0, 0.05) is 0 Å². The maximum atomic E-state index is 12.5. The fourth-order valence-electron chi connectivity index (χ4n) is 11.3. The number of hydrogen-bond donors (Lipinski definition) is 2. The highest BCUT2D eigenvalue weighted by Gasteiger charge is 2.71. The molecule has 2 N–H and O–H groups in total. The Morgan fingerprint density at radius 2 is 1.36 bits per heavy atom. The summed E-state index contributed by atoms with van der Waals surface area (Å²) < 4.78 is 0. The smallest absolute Gasteiger partial charge is 0.312 e. The van der Waals surface area contributed by atoms with E-state index in [9.17, 15) is 15.0 Å². The second kappa shape index (κ2) is 7.01. The topological polar surface area (TPSA) is 57.5 Å². The monoisotopic (exact) mass is 458 g/mol. The number of rotatable bonds is 1. The average molecular weight is 459 g/mol. The third-order valence-corrected chi connectivity index (χ3v) is 13.8. The molecule has 0 saturated heterocycles. The summed E-state index contributed by atoms with van der Waals surface area (Å²) in [4.78, 5) is 12.5. The van der Waals surface area contributed by atoms with E-state index in [2.05, 4.69) is 41.5 Å². The zero-order valence-electron chi connectivity index (χ0n) is 22.5. The number of carboxylic acids is 1. The second-order valence-electron chi connectivity index (χ2n) is 15.4. The molecule has 3 heteroatoms. The van der Waals surface area contributed by atoms with Crippen LogP contribution in [-0.4, -0.2) is 22.3 Å². The minimum absolute atomic E-state index is 0.0138. The third kappa shape index (κ3) is 2.93. The van der Waals surface area contributed by atoms with Crippen LogP contribution in [0.5, 0.6) is 0 Å². The van der Waals surface area contributed by atoms with Gasteiger partial charge in [0.25, 0.3) is 0 Å². The molecule has 5 rings (SSSR count). The Morgan fingerprint density at radius 3 is 2.03 bits per heavy atom. The van der Waals surface area contributed by atoms with Crippen molar-refractivity contribution in [2.24, 2.45) is 56.2 Å². The molecule has 0 aliphatic heterocycles. The SMILES string of the molecule is CC1(C)CC[C@]2(C)CC[C@]3(C)C(CCC4[C@@]5(C)CC[C@@H](O)[C@](C)(C(=O)O)C5CC[C@]43C)C2C1. The van der Waals surface area contributed by atoms with Crippen molar-refractivity contribution in [3.8, 4) is 0 Å². The molecule has 5 aliphatic carbocycles. The van der Waals surface area contributed by atoms with Crippen LogP contribution in [0.25, 0.3) is 0 Å². The minimum Gasteiger partial charge on any atom is -0.481 e. The zero-order chi connectivity index (χ0) is 24.2. The first kappa shape index (κ1) is 24.1. The second-order valence-corrected chi connectivity index (χ2v) is 15.4. The van der Waals surface area contributed by atoms with Crippen molar-refractivity contribution in [1.82, 2.24) is 0 Å². The maximum absolute atomic E-state index is 12.5. The number of fused-ring (bicyclic) bond motifs is 7. The van der Waals surface area contributed by atoms with Crippen molar-refractivity contribution < 1.29 is 15.0 Å². The summed E-state index contributed by atoms with van der Waals surface area (Å²) >= 11 is 0. The van der Waals surface area contributed by atoms with Crippen LogP contribution in [0.3, 0.4) is 0 Å². The van der Waals surface area contributed by atoms with Gasteiger partial charge in [0.05, 0.1) is 11.5 Å². The summed E-state index contributed by atoms with van der Waals surface area (Å²) in [5.74, 6) is 1.49. The van der Waals surface area contributed by atoms with E-state index in [4.69, 9.17) is 0 Å². The number of aliphatic hydroxyl groups excluding tert-OH is 1. The molecular formula is C30H50O3. The van der Waals surface area contributed by atoms with Gasteiger partial charge in [-0.05, 0) is 128 Å². The predicted octanol–water partition coefficient (Wildman–Crippen LogP) is 7.31. The molecule has 0 aromatic heterocycles. The molecule has 4 unspecified atom stereocenters. The first-order valence-electron chi connectivity index (χ1n) is 14.1. The molecule has 5 saturated carbocycles. The molecule has 3 nitrogen and oxygen atoms in total. The van der Waals surface area contributed by atoms with E-state index in [1.54, 1.807) is 0 Å². The number of carbonyl (C=O) groups is 1. The highest BCUT2D eigenvalue weighted by molar-refractivity contribution is 5.76. The Bertz CT molecular complexity index is 834. The Balaban J connectivity index is 1.53. The van der Waals surface area contributed by atoms with Crippen molar-refractivity contribution in [3.05, 3.63) is 0 Å². The molecule has 5 aliphatic rings. The molecule has 0 radical (unpaired) electrons. The first-order valence-corrected chi connectivity index (χ1v) is 14.1. The summed E-state index contributed by atoms with van der Waals surface area (Å²) in [6, 6.07) is 0. The van der Waals surface area contributed by atoms with Gasteiger partial charge in [0.15, 0.2) is 0 Å². The third-order valence-electron chi connectivity index (χ3n) is 13.8. The number of aliphatic hydroxyl groups is 1. The van der Waals surface area contributed by atoms with E-state index in [-0.39, 0.29) is 16.7 Å². The van der Waals surface area contributed by atoms with Gasteiger partial charge in [-0.15, -0.1) is 0 Å². The van der Waals surface area contributed by atoms with Crippen LogP contribution < -0.4 is 0 Å². The lowest BCUT2D eigenvalue weighted by Gasteiger charge is -2.73. The van der Waals surface area contributed by atoms with E-state index in [0.29, 0.717) is 28.6 Å². The van der Waals surface area contributed by atoms with Gasteiger partial charge >= 0.3 is 5.97 Å². The van der Waals surface area contributed by atoms with Crippen LogP contribution in [0.4, 0.5) is 0 Å². The van der Waals surface area contributed by atoms with Crippen LogP contribution >= 0.6 is 0 Å². The summed E-state index contributed by atoms with van der Waals surface area (Å²) in [5.41, 5.74) is 0.598. The molecule has 10 atom stereocenters. The van der Waals surface area contributed by atoms with Crippen molar-refractivity contribution in [3.63, 3.8) is 0 Å². The fourth-order valence-corrected chi connectivity index (χ4v) is 11.3. The van der Waals surface area contributed by atoms with Crippen molar-refractivity contribution in [2.45, 2.75) is 125 Å². The highest BCUT2D eigenvalue weighted by atomic mass is 16.4. The Hall–Kier alpha value is -0.570. The normalized spacial score (nSPS) is 57.8. The predicted molar refractivity (Wildman–Crippen MR) is 133 cm³/mol. The standard InChI is InChI=1S/C30H50O3/c1-25(2)14-15-26(3)16-17-28(5)19(20(26)18-25)8-9-21-27(4)12-11-23(31)30(7,24(32)33)22(27)10-13-29(21,28)6/h19-23,31H,8-18H2,1-7H3,(H,32,33)/t19?,20?,21?,22?,23-,26-,27-,28-,29-,30-/m1/s1. The molecule has 33 heavy (non-hydrogen) atoms. The number of aliphatic carboxylic acids is 1. The highest BCUT2D eigenvalue weighted by Crippen LogP contribution is 2.77. The lowest BCUT2D eigenvalue weighted by Crippen LogP contribution is -2.68. The summed E-state index contributed by atoms with van der Waals surface area (Å²) in [5, 5.41) is 21.1. The number of carboxylic acid groups (broad SMARTS) is 1. The summed E-state index contributed by atoms with van der Waals surface area (Å²) in [6.45, 7) is 17.2. The zero-order valence-corrected chi connectivity index (χ0v) is 22.5. The molecule has 5 fully saturated rings. The van der Waals surface area contributed by atoms with Crippen LogP contribution in [0.2, 0.25) is 0 Å². The summed E-state index contributed by atoms with van der Waals surface area (Å²) in [7, 11) is 0. The quantitative estimate of drug-likeness (QED) is 0.433. The maximum Gasteiger partial charge on any atom is 0.312 e. The van der Waals surface area contributed by atoms with E-state index in [1.807, 2.05) is 6.92 Å². The van der Waals surface area contributed by atoms with Gasteiger partial charge in [-0.1, -0.05) is 41.5 Å². The van der Waals surface area contributed by atoms with Gasteiger partial charge in [-0.25, -0.2) is 0 Å². The van der Waals surface area contributed by atoms with E-state index >= 15 is 0 Å². The molecule has 0 spiro atoms. The van der Waals surface area contributed by atoms with Crippen LogP contribution in [0.15, 0.2) is 0 Å². The largest absolute Gasteiger partial charge is 0.481 e. The van der Waals surface area contributed by atoms with Crippen molar-refractivity contribution in [1.29, 1.82) is 0 Å². The Morgan fingerprint density at radius 1 is 0.697 bits per heavy atom. The minimum atomic E-state index is -1.01. The lowest BCUT2D eigenvalue weighted by atomic mass is 9.31. The molecule has 0 amide bonds. The van der Waals surface area contributed by atoms with Gasteiger partial charge in [0.1, 0.15) is 0 Å².